The summed E-state index contributed by atoms with van der Waals surface area (Å²) in [5.41, 5.74) is -1.74. The Morgan fingerprint density at radius 2 is 1.92 bits per heavy atom. The van der Waals surface area contributed by atoms with Crippen LogP contribution in [0, 0.1) is 5.92 Å². The molecule has 136 valence electrons. The largest absolute Gasteiger partial charge is 0.472 e. The molecule has 24 heavy (non-hydrogen) atoms. The second-order valence-electron chi connectivity index (χ2n) is 7.10. The molecular formula is C15H22O9. The van der Waals surface area contributed by atoms with Crippen LogP contribution in [0.15, 0.2) is 12.3 Å². The Morgan fingerprint density at radius 1 is 1.17 bits per heavy atom. The highest BCUT2D eigenvalue weighted by Crippen LogP contribution is 2.61. The van der Waals surface area contributed by atoms with Gasteiger partial charge in [-0.3, -0.25) is 0 Å². The van der Waals surface area contributed by atoms with Gasteiger partial charge in [0.05, 0.1) is 24.9 Å². The van der Waals surface area contributed by atoms with Crippen molar-refractivity contribution < 1.29 is 44.5 Å². The smallest absolute Gasteiger partial charge is 0.210 e. The van der Waals surface area contributed by atoms with Crippen molar-refractivity contribution in [3.8, 4) is 0 Å². The molecule has 0 aromatic carbocycles. The van der Waals surface area contributed by atoms with Crippen LogP contribution in [-0.2, 0) is 18.9 Å². The first kappa shape index (κ1) is 16.7. The van der Waals surface area contributed by atoms with Gasteiger partial charge in [-0.2, -0.15) is 0 Å². The molecule has 1 saturated carbocycles. The number of hydrogen-bond acceptors (Lipinski definition) is 9. The third-order valence-corrected chi connectivity index (χ3v) is 5.60. The molecular weight excluding hydrogens is 324 g/mol. The van der Waals surface area contributed by atoms with Gasteiger partial charge >= 0.3 is 0 Å². The molecule has 0 unspecified atom stereocenters. The maximum absolute atomic E-state index is 10.8. The quantitative estimate of drug-likeness (QED) is 0.353. The van der Waals surface area contributed by atoms with Crippen molar-refractivity contribution >= 4 is 0 Å². The Labute approximate surface area is 138 Å². The highest BCUT2D eigenvalue weighted by Gasteiger charge is 2.74. The van der Waals surface area contributed by atoms with Crippen LogP contribution >= 0.6 is 0 Å². The molecule has 2 saturated heterocycles. The van der Waals surface area contributed by atoms with E-state index in [4.69, 9.17) is 18.9 Å². The van der Waals surface area contributed by atoms with E-state index in [9.17, 15) is 25.5 Å². The van der Waals surface area contributed by atoms with E-state index in [1.165, 1.54) is 6.26 Å². The second-order valence-corrected chi connectivity index (χ2v) is 7.10. The predicted molar refractivity (Wildman–Crippen MR) is 75.2 cm³/mol. The van der Waals surface area contributed by atoms with E-state index < -0.39 is 60.7 Å². The van der Waals surface area contributed by atoms with Crippen LogP contribution in [-0.4, -0.2) is 86.4 Å². The van der Waals surface area contributed by atoms with E-state index in [0.29, 0.717) is 6.42 Å². The lowest BCUT2D eigenvalue weighted by atomic mass is 9.83. The van der Waals surface area contributed by atoms with Crippen molar-refractivity contribution in [1.29, 1.82) is 0 Å². The first-order valence-corrected chi connectivity index (χ1v) is 7.99. The van der Waals surface area contributed by atoms with Crippen molar-refractivity contribution in [2.75, 3.05) is 6.61 Å². The fourth-order valence-corrected chi connectivity index (χ4v) is 4.12. The van der Waals surface area contributed by atoms with E-state index >= 15 is 0 Å². The van der Waals surface area contributed by atoms with Crippen LogP contribution in [0.4, 0.5) is 0 Å². The number of epoxide rings is 1. The Kier molecular flexibility index (Phi) is 3.72. The minimum absolute atomic E-state index is 0.0975. The zero-order chi connectivity index (χ0) is 17.3. The second kappa shape index (κ2) is 5.36. The van der Waals surface area contributed by atoms with Crippen LogP contribution < -0.4 is 0 Å². The Morgan fingerprint density at radius 3 is 2.62 bits per heavy atom. The summed E-state index contributed by atoms with van der Waals surface area (Å²) < 4.78 is 22.1. The molecule has 0 aromatic heterocycles. The summed E-state index contributed by atoms with van der Waals surface area (Å²) in [6, 6.07) is 0. The zero-order valence-corrected chi connectivity index (χ0v) is 13.1. The summed E-state index contributed by atoms with van der Waals surface area (Å²) in [5, 5.41) is 49.8. The zero-order valence-electron chi connectivity index (χ0n) is 13.1. The molecule has 4 rings (SSSR count). The van der Waals surface area contributed by atoms with Crippen LogP contribution in [0.1, 0.15) is 13.3 Å². The molecule has 3 aliphatic heterocycles. The molecule has 10 atom stereocenters. The van der Waals surface area contributed by atoms with Gasteiger partial charge in [0.15, 0.2) is 6.29 Å². The maximum Gasteiger partial charge on any atom is 0.210 e. The van der Waals surface area contributed by atoms with Gasteiger partial charge < -0.3 is 44.5 Å². The lowest BCUT2D eigenvalue weighted by molar-refractivity contribution is -0.348. The van der Waals surface area contributed by atoms with E-state index in [-0.39, 0.29) is 6.10 Å². The molecule has 5 N–H and O–H groups in total. The normalized spacial score (nSPS) is 58.8. The summed E-state index contributed by atoms with van der Waals surface area (Å²) in [4.78, 5) is 0. The highest BCUT2D eigenvalue weighted by molar-refractivity contribution is 5.26. The van der Waals surface area contributed by atoms with E-state index in [0.717, 1.165) is 0 Å². The van der Waals surface area contributed by atoms with Crippen LogP contribution in [0.2, 0.25) is 0 Å². The van der Waals surface area contributed by atoms with Gasteiger partial charge in [-0.05, 0) is 13.0 Å². The maximum atomic E-state index is 10.8. The molecule has 0 bridgehead atoms. The van der Waals surface area contributed by atoms with Gasteiger partial charge in [0, 0.05) is 6.42 Å². The molecule has 0 aromatic rings. The third kappa shape index (κ3) is 2.24. The molecule has 3 fully saturated rings. The third-order valence-electron chi connectivity index (χ3n) is 5.60. The van der Waals surface area contributed by atoms with E-state index in [2.05, 4.69) is 0 Å². The molecule has 0 spiro atoms. The van der Waals surface area contributed by atoms with Gasteiger partial charge in [-0.15, -0.1) is 0 Å². The molecule has 0 radical (unpaired) electrons. The number of fused-ring (bicyclic) bond motifs is 3. The van der Waals surface area contributed by atoms with Gasteiger partial charge in [0.1, 0.15) is 35.6 Å². The molecule has 0 amide bonds. The molecule has 4 aliphatic rings. The van der Waals surface area contributed by atoms with Gasteiger partial charge in [0.2, 0.25) is 6.29 Å². The van der Waals surface area contributed by atoms with Gasteiger partial charge in [-0.1, -0.05) is 0 Å². The topological polar surface area (TPSA) is 141 Å². The highest BCUT2D eigenvalue weighted by atomic mass is 16.8. The predicted octanol–water partition coefficient (Wildman–Crippen LogP) is -2.42. The Hall–Kier alpha value is -0.780. The Bertz CT molecular complexity index is 539. The van der Waals surface area contributed by atoms with Crippen molar-refractivity contribution in [3.63, 3.8) is 0 Å². The number of ether oxygens (including phenoxy) is 4. The summed E-state index contributed by atoms with van der Waals surface area (Å²) in [5.74, 6) is -0.535. The molecule has 3 heterocycles. The number of aliphatic hydroxyl groups is 5. The summed E-state index contributed by atoms with van der Waals surface area (Å²) in [7, 11) is 0. The standard InChI is InChI=1S/C15H22O9/c1-14-7(24-14)4-15(20)2-3-21-13(11(14)15)23-12-10(19)9(18)8(17)6(5-16)22-12/h2-3,6-13,16-20H,4-5H2,1H3/t6-,7+,8-,9+,10-,11-,12+,13+,14+,15-/m1/s1. The van der Waals surface area contributed by atoms with Crippen LogP contribution in [0.3, 0.4) is 0 Å². The number of rotatable bonds is 3. The lowest BCUT2D eigenvalue weighted by Crippen LogP contribution is -2.61. The van der Waals surface area contributed by atoms with Crippen molar-refractivity contribution in [3.05, 3.63) is 12.3 Å². The van der Waals surface area contributed by atoms with Crippen molar-refractivity contribution in [1.82, 2.24) is 0 Å². The lowest BCUT2D eigenvalue weighted by Gasteiger charge is -2.44. The molecule has 9 heteroatoms. The minimum Gasteiger partial charge on any atom is -0.472 e. The fourth-order valence-electron chi connectivity index (χ4n) is 4.12. The van der Waals surface area contributed by atoms with E-state index in [1.54, 1.807) is 6.08 Å². The minimum atomic E-state index is -1.54. The van der Waals surface area contributed by atoms with Gasteiger partial charge in [-0.25, -0.2) is 0 Å². The summed E-state index contributed by atoms with van der Waals surface area (Å²) in [6.07, 6.45) is -4.70. The average Bonchev–Trinajstić information content (AvgIpc) is 3.10. The Balaban J connectivity index is 1.53. The molecule has 9 nitrogen and oxygen atoms in total. The number of aliphatic hydroxyl groups excluding tert-OH is 4. The summed E-state index contributed by atoms with van der Waals surface area (Å²) >= 11 is 0. The molecule has 1 aliphatic carbocycles. The van der Waals surface area contributed by atoms with E-state index in [1.807, 2.05) is 6.92 Å². The van der Waals surface area contributed by atoms with Gasteiger partial charge in [0.25, 0.3) is 0 Å². The average molecular weight is 346 g/mol. The monoisotopic (exact) mass is 346 g/mol. The van der Waals surface area contributed by atoms with Crippen LogP contribution in [0.25, 0.3) is 0 Å². The summed E-state index contributed by atoms with van der Waals surface area (Å²) in [6.45, 7) is 1.30. The first-order chi connectivity index (χ1) is 11.3. The first-order valence-electron chi connectivity index (χ1n) is 7.99. The van der Waals surface area contributed by atoms with Crippen LogP contribution in [0.5, 0.6) is 0 Å². The fraction of sp³-hybridized carbons (Fsp3) is 0.867. The number of hydrogen-bond donors (Lipinski definition) is 5. The van der Waals surface area contributed by atoms with Crippen molar-refractivity contribution in [2.24, 2.45) is 5.92 Å². The SMILES string of the molecule is C[C@]12O[C@H]1C[C@]1(O)C=CO[C@@H](O[C@@H]3O[C@H](CO)[C@@H](O)[C@H](O)[C@H]3O)[C@H]21. The van der Waals surface area contributed by atoms with Crippen molar-refractivity contribution in [2.45, 2.75) is 67.6 Å².